The first-order chi connectivity index (χ1) is 3.27. The maximum atomic E-state index is 4.81. The zero-order valence-corrected chi connectivity index (χ0v) is 6.81. The highest BCUT2D eigenvalue weighted by Gasteiger charge is 1.85. The van der Waals surface area contributed by atoms with E-state index in [1.807, 2.05) is 7.05 Å². The van der Waals surface area contributed by atoms with E-state index in [-0.39, 0.29) is 0 Å². The van der Waals surface area contributed by atoms with Gasteiger partial charge >= 0.3 is 0 Å². The van der Waals surface area contributed by atoms with Crippen LogP contribution < -0.4 is 0 Å². The summed E-state index contributed by atoms with van der Waals surface area (Å²) in [5, 5.41) is 0. The van der Waals surface area contributed by atoms with Crippen LogP contribution in [0, 0.1) is 0 Å². The van der Waals surface area contributed by atoms with Crippen LogP contribution in [0.4, 0.5) is 0 Å². The zero-order chi connectivity index (χ0) is 5.70. The number of methoxy groups -OCH3 is 1. The van der Waals surface area contributed by atoms with Gasteiger partial charge in [-0.3, -0.25) is 0 Å². The number of hydrogen-bond acceptors (Lipinski definition) is 2. The third kappa shape index (κ3) is 6.65. The summed E-state index contributed by atoms with van der Waals surface area (Å²) >= 11 is 2.22. The van der Waals surface area contributed by atoms with Crippen molar-refractivity contribution in [2.45, 2.75) is 0 Å². The lowest BCUT2D eigenvalue weighted by Gasteiger charge is -2.03. The summed E-state index contributed by atoms with van der Waals surface area (Å²) < 4.78 is 6.86. The summed E-state index contributed by atoms with van der Waals surface area (Å²) in [5.74, 6) is 0. The van der Waals surface area contributed by atoms with E-state index in [2.05, 4.69) is 26.0 Å². The first kappa shape index (κ1) is 7.65. The van der Waals surface area contributed by atoms with Crippen LogP contribution in [0.1, 0.15) is 0 Å². The molecular formula is C4H10INO. The summed E-state index contributed by atoms with van der Waals surface area (Å²) in [7, 11) is 3.72. The number of likely N-dealkylation sites (N-methyl/N-ethyl adjacent to an activating group) is 1. The lowest BCUT2D eigenvalue weighted by Crippen LogP contribution is -2.10. The smallest absolute Gasteiger partial charge is 0.0597 e. The first-order valence-electron chi connectivity index (χ1n) is 2.13. The Morgan fingerprint density at radius 3 is 2.43 bits per heavy atom. The number of halogens is 1. The molecular weight excluding hydrogens is 205 g/mol. The van der Waals surface area contributed by atoms with Crippen LogP contribution in [-0.4, -0.2) is 30.4 Å². The third-order valence-corrected chi connectivity index (χ3v) is 1.09. The van der Waals surface area contributed by atoms with Gasteiger partial charge in [-0.1, -0.05) is 0 Å². The van der Waals surface area contributed by atoms with Crippen LogP contribution in [0.5, 0.6) is 0 Å². The van der Waals surface area contributed by atoms with E-state index in [1.54, 1.807) is 7.11 Å². The minimum Gasteiger partial charge on any atom is -0.383 e. The van der Waals surface area contributed by atoms with Gasteiger partial charge in [0.1, 0.15) is 0 Å². The molecule has 0 aromatic heterocycles. The molecule has 0 bridgehead atoms. The second-order valence-electron chi connectivity index (χ2n) is 1.32. The van der Waals surface area contributed by atoms with Gasteiger partial charge in [0.15, 0.2) is 0 Å². The molecule has 2 nitrogen and oxygen atoms in total. The molecule has 44 valence electrons. The second-order valence-corrected chi connectivity index (χ2v) is 2.97. The van der Waals surface area contributed by atoms with E-state index in [0.29, 0.717) is 0 Å². The van der Waals surface area contributed by atoms with Crippen LogP contribution in [0.3, 0.4) is 0 Å². The van der Waals surface area contributed by atoms with Gasteiger partial charge in [0.25, 0.3) is 0 Å². The highest BCUT2D eigenvalue weighted by atomic mass is 127. The van der Waals surface area contributed by atoms with Gasteiger partial charge in [-0.25, -0.2) is 3.11 Å². The van der Waals surface area contributed by atoms with Gasteiger partial charge in [0, 0.05) is 36.5 Å². The summed E-state index contributed by atoms with van der Waals surface area (Å²) in [6.07, 6.45) is 0. The van der Waals surface area contributed by atoms with E-state index in [4.69, 9.17) is 4.74 Å². The highest BCUT2D eigenvalue weighted by molar-refractivity contribution is 14.1. The number of ether oxygens (including phenoxy) is 1. The predicted octanol–water partition coefficient (Wildman–Crippen LogP) is 0.915. The van der Waals surface area contributed by atoms with Crippen molar-refractivity contribution in [1.82, 2.24) is 3.11 Å². The van der Waals surface area contributed by atoms with Crippen LogP contribution in [0.25, 0.3) is 0 Å². The average molecular weight is 215 g/mol. The summed E-state index contributed by atoms with van der Waals surface area (Å²) in [4.78, 5) is 0. The Morgan fingerprint density at radius 2 is 2.29 bits per heavy atom. The van der Waals surface area contributed by atoms with E-state index in [9.17, 15) is 0 Å². The van der Waals surface area contributed by atoms with Gasteiger partial charge in [-0.05, 0) is 7.05 Å². The molecule has 0 atom stereocenters. The molecule has 7 heavy (non-hydrogen) atoms. The Morgan fingerprint density at radius 1 is 1.71 bits per heavy atom. The van der Waals surface area contributed by atoms with Gasteiger partial charge < -0.3 is 4.74 Å². The Labute approximate surface area is 58.3 Å². The zero-order valence-electron chi connectivity index (χ0n) is 4.65. The van der Waals surface area contributed by atoms with Gasteiger partial charge in [-0.2, -0.15) is 0 Å². The normalized spacial score (nSPS) is 10.3. The molecule has 3 heteroatoms. The summed E-state index contributed by atoms with van der Waals surface area (Å²) in [5.41, 5.74) is 0. The lowest BCUT2D eigenvalue weighted by molar-refractivity contribution is 0.191. The molecule has 0 aromatic rings. The predicted molar refractivity (Wildman–Crippen MR) is 38.5 cm³/mol. The molecule has 0 aliphatic rings. The fraction of sp³-hybridized carbons (Fsp3) is 1.00. The van der Waals surface area contributed by atoms with Crippen molar-refractivity contribution in [3.05, 3.63) is 0 Å². The summed E-state index contributed by atoms with van der Waals surface area (Å²) in [6.45, 7) is 1.82. The molecule has 0 rings (SSSR count). The fourth-order valence-corrected chi connectivity index (χ4v) is 0.414. The van der Waals surface area contributed by atoms with Crippen molar-refractivity contribution in [2.24, 2.45) is 0 Å². The van der Waals surface area contributed by atoms with Crippen LogP contribution >= 0.6 is 22.9 Å². The molecule has 0 saturated heterocycles. The third-order valence-electron chi connectivity index (χ3n) is 0.604. The van der Waals surface area contributed by atoms with E-state index >= 15 is 0 Å². The second kappa shape index (κ2) is 4.80. The van der Waals surface area contributed by atoms with E-state index in [0.717, 1.165) is 13.2 Å². The van der Waals surface area contributed by atoms with Crippen LogP contribution in [0.15, 0.2) is 0 Å². The Hall–Kier alpha value is 0.650. The molecule has 0 heterocycles. The molecule has 0 aliphatic heterocycles. The maximum Gasteiger partial charge on any atom is 0.0597 e. The van der Waals surface area contributed by atoms with Crippen molar-refractivity contribution in [3.8, 4) is 0 Å². The lowest BCUT2D eigenvalue weighted by atomic mass is 10.7. The van der Waals surface area contributed by atoms with Crippen molar-refractivity contribution in [1.29, 1.82) is 0 Å². The van der Waals surface area contributed by atoms with Crippen molar-refractivity contribution >= 4 is 22.9 Å². The average Bonchev–Trinajstić information content (AvgIpc) is 1.61. The molecule has 0 fully saturated rings. The number of hydrogen-bond donors (Lipinski definition) is 0. The van der Waals surface area contributed by atoms with E-state index in [1.165, 1.54) is 0 Å². The standard InChI is InChI=1S/C4H10INO/c1-6(5)3-4-7-2/h3-4H2,1-2H3. The first-order valence-corrected chi connectivity index (χ1v) is 3.09. The fourth-order valence-electron chi connectivity index (χ4n) is 0.217. The van der Waals surface area contributed by atoms with Gasteiger partial charge in [0.2, 0.25) is 0 Å². The molecule has 0 saturated carbocycles. The van der Waals surface area contributed by atoms with Gasteiger partial charge in [0.05, 0.1) is 6.61 Å². The molecule has 0 aliphatic carbocycles. The molecule has 0 N–H and O–H groups in total. The van der Waals surface area contributed by atoms with Crippen LogP contribution in [-0.2, 0) is 4.74 Å². The Balaban J connectivity index is 2.68. The van der Waals surface area contributed by atoms with Crippen molar-refractivity contribution in [3.63, 3.8) is 0 Å². The number of nitrogens with zero attached hydrogens (tertiary/aromatic N) is 1. The quantitative estimate of drug-likeness (QED) is 0.512. The largest absolute Gasteiger partial charge is 0.383 e. The van der Waals surface area contributed by atoms with Crippen molar-refractivity contribution < 1.29 is 4.74 Å². The summed E-state index contributed by atoms with van der Waals surface area (Å²) in [6, 6.07) is 0. The SMILES string of the molecule is COCCN(C)I. The molecule has 0 unspecified atom stereocenters. The van der Waals surface area contributed by atoms with Crippen molar-refractivity contribution in [2.75, 3.05) is 27.3 Å². The number of rotatable bonds is 3. The van der Waals surface area contributed by atoms with Gasteiger partial charge in [-0.15, -0.1) is 0 Å². The molecule has 0 spiro atoms. The molecule has 0 radical (unpaired) electrons. The Kier molecular flexibility index (Phi) is 5.25. The minimum absolute atomic E-state index is 0.819. The molecule has 0 aromatic carbocycles. The van der Waals surface area contributed by atoms with Crippen LogP contribution in [0.2, 0.25) is 0 Å². The maximum absolute atomic E-state index is 4.81. The highest BCUT2D eigenvalue weighted by Crippen LogP contribution is 1.89. The topological polar surface area (TPSA) is 12.5 Å². The van der Waals surface area contributed by atoms with E-state index < -0.39 is 0 Å². The minimum atomic E-state index is 0.819. The monoisotopic (exact) mass is 215 g/mol. The molecule has 0 amide bonds. The Bertz CT molecular complexity index is 40.7.